The summed E-state index contributed by atoms with van der Waals surface area (Å²) in [6.45, 7) is 21.1. The first-order chi connectivity index (χ1) is 15.9. The van der Waals surface area contributed by atoms with Gasteiger partial charge in [0.05, 0.1) is 0 Å². The van der Waals surface area contributed by atoms with E-state index in [-0.39, 0.29) is 123 Å². The molecule has 18 heteroatoms. The molecule has 0 atom stereocenters. The van der Waals surface area contributed by atoms with Crippen LogP contribution in [0.2, 0.25) is 26.0 Å². The van der Waals surface area contributed by atoms with Crippen molar-refractivity contribution in [2.45, 2.75) is 121 Å². The smallest absolute Gasteiger partial charge is 0.425 e. The summed E-state index contributed by atoms with van der Waals surface area (Å²) in [4.78, 5) is 1.41. The zero-order valence-corrected chi connectivity index (χ0v) is 45.4. The van der Waals surface area contributed by atoms with Crippen LogP contribution < -0.4 is 18.9 Å². The molecule has 0 amide bonds. The van der Waals surface area contributed by atoms with Crippen molar-refractivity contribution in [3.8, 4) is 0 Å². The van der Waals surface area contributed by atoms with Gasteiger partial charge in [-0.15, -0.1) is 69.1 Å². The minimum atomic E-state index is -1.72. The summed E-state index contributed by atoms with van der Waals surface area (Å²) in [5.74, 6) is 0. The molecule has 0 spiro atoms. The van der Waals surface area contributed by atoms with E-state index in [2.05, 4.69) is 57.5 Å². The molecule has 0 saturated heterocycles. The average molecular weight is 1080 g/mol. The molecule has 0 fully saturated rings. The molecule has 0 aromatic rings. The van der Waals surface area contributed by atoms with Crippen LogP contribution in [0.5, 0.6) is 0 Å². The Morgan fingerprint density at radius 1 is 0.778 bits per heavy atom. The Bertz CT molecular complexity index is 266. The van der Waals surface area contributed by atoms with Crippen LogP contribution in [0.25, 0.3) is 0 Å². The van der Waals surface area contributed by atoms with Gasteiger partial charge in [-0.1, -0.05) is 106 Å². The minimum absolute atomic E-state index is 0. The third kappa shape index (κ3) is 992. The second kappa shape index (κ2) is 210. The Balaban J connectivity index is -0.00000000849. The van der Waals surface area contributed by atoms with Crippen molar-refractivity contribution in [1.82, 2.24) is 0 Å². The maximum Gasteiger partial charge on any atom is 1.00 e. The van der Waals surface area contributed by atoms with Gasteiger partial charge >= 0.3 is 37.0 Å². The van der Waals surface area contributed by atoms with Crippen molar-refractivity contribution in [2.24, 2.45) is 0 Å². The number of allylic oxidation sites excluding steroid dienone is 3. The van der Waals surface area contributed by atoms with Crippen LogP contribution in [0, 0.1) is 17.0 Å². The van der Waals surface area contributed by atoms with Gasteiger partial charge in [-0.2, -0.15) is 20.1 Å². The molecule has 0 saturated carbocycles. The van der Waals surface area contributed by atoms with Gasteiger partial charge in [0.1, 0.15) is 9.76 Å². The Morgan fingerprint density at radius 3 is 0.911 bits per heavy atom. The first-order valence-electron chi connectivity index (χ1n) is 11.5. The second-order valence-electron chi connectivity index (χ2n) is 5.12. The SMILES string of the molecule is C.C.C.C.C.C.C.C.C.C=C[CH2-].C=C[CH2][AlH2].C=C[CH2][AlH2].CCO.CCO[SiH2][CH2][AlH2].C[CH2][AlH2].C[CH2][AlH2].Cl[SiH](Cl)Cl.[Cl][Al]([Cl])[ClH+].[Li+].[Pt]. The van der Waals surface area contributed by atoms with Crippen molar-refractivity contribution >= 4 is 163 Å². The third-order valence-corrected chi connectivity index (χ3v) is 4.61. The first kappa shape index (κ1) is 133. The van der Waals surface area contributed by atoms with E-state index in [4.69, 9.17) is 62.9 Å². The van der Waals surface area contributed by atoms with Gasteiger partial charge in [0.2, 0.25) is 81.5 Å². The molecule has 0 aliphatic carbocycles. The molecule has 0 rings (SSSR count). The Kier molecular flexibility index (Phi) is 620. The van der Waals surface area contributed by atoms with Crippen LogP contribution in [0.1, 0.15) is 94.5 Å². The molecular formula is C27H88Al6Cl6LiO2PtSi2+. The molecule has 45 heavy (non-hydrogen) atoms. The fraction of sp³-hybridized carbons (Fsp3) is 0.741. The summed E-state index contributed by atoms with van der Waals surface area (Å²) in [7, 11) is 14.3. The van der Waals surface area contributed by atoms with E-state index in [1.807, 2.05) is 12.2 Å². The van der Waals surface area contributed by atoms with Gasteiger partial charge in [-0.05, 0) is 13.8 Å². The quantitative estimate of drug-likeness (QED) is 0.129. The molecule has 0 bridgehead atoms. The molecule has 2 nitrogen and oxygen atoms in total. The number of rotatable bonds is 5. The van der Waals surface area contributed by atoms with Gasteiger partial charge in [-0.3, -0.25) is 0 Å². The van der Waals surface area contributed by atoms with Crippen LogP contribution in [0.15, 0.2) is 38.0 Å². The molecule has 0 aliphatic heterocycles. The molecule has 0 heterocycles. The maximum absolute atomic E-state index is 7.57. The molecule has 0 unspecified atom stereocenters. The van der Waals surface area contributed by atoms with E-state index in [1.54, 1.807) is 6.92 Å². The van der Waals surface area contributed by atoms with Crippen molar-refractivity contribution in [1.29, 1.82) is 0 Å². The summed E-state index contributed by atoms with van der Waals surface area (Å²) in [6, 6.07) is 0. The maximum atomic E-state index is 7.57. The predicted molar refractivity (Wildman–Crippen MR) is 251 cm³/mol. The molecular weight excluding hydrogens is 989 g/mol. The predicted octanol–water partition coefficient (Wildman–Crippen LogP) is 5.56. The van der Waals surface area contributed by atoms with Crippen molar-refractivity contribution in [2.75, 3.05) is 13.2 Å². The van der Waals surface area contributed by atoms with Crippen LogP contribution in [0.3, 0.4) is 0 Å². The van der Waals surface area contributed by atoms with E-state index in [0.717, 1.165) is 6.61 Å². The molecule has 0 aromatic heterocycles. The van der Waals surface area contributed by atoms with Gasteiger partial charge in [0, 0.05) is 34.3 Å². The molecule has 0 aromatic carbocycles. The van der Waals surface area contributed by atoms with E-state index >= 15 is 0 Å². The summed E-state index contributed by atoms with van der Waals surface area (Å²) in [5, 5.41) is 12.8. The van der Waals surface area contributed by atoms with Crippen molar-refractivity contribution < 1.29 is 59.5 Å². The van der Waals surface area contributed by atoms with Crippen LogP contribution >= 0.6 is 53.3 Å². The number of halogens is 6. The van der Waals surface area contributed by atoms with Crippen molar-refractivity contribution in [3.05, 3.63) is 44.9 Å². The van der Waals surface area contributed by atoms with E-state index in [0.29, 0.717) is 0 Å². The molecule has 1 N–H and O–H groups in total. The first-order valence-corrected chi connectivity index (χ1v) is 30.8. The van der Waals surface area contributed by atoms with E-state index in [9.17, 15) is 0 Å². The van der Waals surface area contributed by atoms with E-state index in [1.165, 1.54) is 114 Å². The molecule has 0 aliphatic rings. The molecule has 286 valence electrons. The summed E-state index contributed by atoms with van der Waals surface area (Å²) in [6.07, 6.45) is 5.37. The van der Waals surface area contributed by atoms with Crippen LogP contribution in [-0.2, 0) is 25.5 Å². The number of aliphatic hydroxyl groups is 1. The minimum Gasteiger partial charge on any atom is -0.425 e. The van der Waals surface area contributed by atoms with E-state index < -0.39 is 18.1 Å². The second-order valence-corrected chi connectivity index (χ2v) is 27.6. The van der Waals surface area contributed by atoms with Gasteiger partial charge < -0.3 is 9.53 Å². The largest absolute Gasteiger partial charge is 1.00 e. The Hall–Kier alpha value is 5.66. The van der Waals surface area contributed by atoms with Crippen LogP contribution in [0.4, 0.5) is 0 Å². The number of hydrogen-bond acceptors (Lipinski definition) is 2. The van der Waals surface area contributed by atoms with Crippen LogP contribution in [-0.4, -0.2) is 128 Å². The normalized spacial score (nSPS) is 5.33. The van der Waals surface area contributed by atoms with Crippen molar-refractivity contribution in [3.63, 3.8) is 0 Å². The Labute approximate surface area is 395 Å². The van der Waals surface area contributed by atoms with Gasteiger partial charge in [0.15, 0.2) is 0 Å². The fourth-order valence-electron chi connectivity index (χ4n) is 0.289. The summed E-state index contributed by atoms with van der Waals surface area (Å²) in [5.41, 5.74) is 0. The molecule has 0 radical (unpaired) electrons. The monoisotopic (exact) mass is 1070 g/mol. The van der Waals surface area contributed by atoms with Gasteiger partial charge in [-0.25, -0.2) is 19.6 Å². The fourth-order valence-corrected chi connectivity index (χ4v) is 1.73. The average Bonchev–Trinajstić information content (AvgIpc) is 2.74. The zero-order chi connectivity index (χ0) is 29.6. The third-order valence-electron chi connectivity index (χ3n) is 1.13. The summed E-state index contributed by atoms with van der Waals surface area (Å²) < 4.78 is 5.16. The topological polar surface area (TPSA) is 29.5 Å². The Morgan fingerprint density at radius 2 is 0.889 bits per heavy atom. The number of aliphatic hydroxyl groups excluding tert-OH is 1. The van der Waals surface area contributed by atoms with Gasteiger partial charge in [0.25, 0.3) is 0 Å². The summed E-state index contributed by atoms with van der Waals surface area (Å²) >= 11 is 19.8. The standard InChI is InChI=1S/C3H9OSi.3C3H5.C2H6O.2C2H5.9CH4.6Al.Cl3HSi.3ClH.Li.Pt.10H/c1-3-4-5-2;3*1-3-2;1-2-3;2*1-2;;;;;;;;;;;;;;;;1-4(2)3;;;;;;;;;;;;;;;/h2-3,5H2,1H3;3*3H,1-2H2;3H,2H2,1H3;2*1H2,2H3;9*1H4;;;;;;;4H;3*1H;;;;;;;;;;;;/q;;;-1;;;;;;;;;;;;;;;;;;+3;;;;;+1;;;;;;;;;;;/p-2. The number of hydrogen-bond donors (Lipinski definition) is 1. The zero-order valence-electron chi connectivity index (χ0n) is 24.8.